The number of thioether (sulfide) groups is 1. The Balaban J connectivity index is 1.49. The van der Waals surface area contributed by atoms with Gasteiger partial charge >= 0.3 is 5.88 Å². The van der Waals surface area contributed by atoms with Crippen LogP contribution < -0.4 is 0 Å². The molecule has 0 bridgehead atoms. The molecule has 8 heteroatoms. The van der Waals surface area contributed by atoms with Crippen LogP contribution in [-0.4, -0.2) is 19.7 Å². The average Bonchev–Trinajstić information content (AvgIpc) is 3.43. The molecule has 2 saturated carbocycles. The van der Waals surface area contributed by atoms with E-state index in [1.165, 1.54) is 43.5 Å². The van der Waals surface area contributed by atoms with E-state index in [9.17, 15) is 10.1 Å². The van der Waals surface area contributed by atoms with Crippen LogP contribution >= 0.6 is 11.8 Å². The zero-order chi connectivity index (χ0) is 15.1. The van der Waals surface area contributed by atoms with E-state index in [0.29, 0.717) is 17.7 Å². The van der Waals surface area contributed by atoms with Crippen molar-refractivity contribution in [2.75, 3.05) is 0 Å². The van der Waals surface area contributed by atoms with Crippen LogP contribution in [0.2, 0.25) is 0 Å². The Hall–Kier alpha value is -2.09. The molecule has 2 aromatic rings. The maximum atomic E-state index is 10.6. The van der Waals surface area contributed by atoms with E-state index in [-0.39, 0.29) is 5.88 Å². The summed E-state index contributed by atoms with van der Waals surface area (Å²) in [4.78, 5) is 10.0. The molecule has 2 aliphatic rings. The van der Waals surface area contributed by atoms with Gasteiger partial charge in [0.05, 0.1) is 6.07 Å². The Morgan fingerprint density at radius 2 is 2.14 bits per heavy atom. The molecule has 4 rings (SSSR count). The second-order valence-corrected chi connectivity index (χ2v) is 6.44. The van der Waals surface area contributed by atoms with Crippen molar-refractivity contribution in [3.63, 3.8) is 0 Å². The van der Waals surface area contributed by atoms with Crippen molar-refractivity contribution in [3.05, 3.63) is 39.2 Å². The highest BCUT2D eigenvalue weighted by Gasteiger charge is 2.36. The van der Waals surface area contributed by atoms with Crippen LogP contribution in [0.1, 0.15) is 49.2 Å². The number of aromatic nitrogens is 3. The highest BCUT2D eigenvalue weighted by atomic mass is 32.2. The van der Waals surface area contributed by atoms with Gasteiger partial charge in [0.1, 0.15) is 16.5 Å². The van der Waals surface area contributed by atoms with Gasteiger partial charge in [-0.15, -0.1) is 10.2 Å². The van der Waals surface area contributed by atoms with Gasteiger partial charge in [-0.25, -0.2) is 0 Å². The minimum Gasteiger partial charge on any atom is -0.401 e. The van der Waals surface area contributed by atoms with E-state index in [4.69, 9.17) is 4.42 Å². The number of rotatable bonds is 6. The zero-order valence-electron chi connectivity index (χ0n) is 11.7. The van der Waals surface area contributed by atoms with Gasteiger partial charge in [0.25, 0.3) is 0 Å². The zero-order valence-corrected chi connectivity index (χ0v) is 12.5. The van der Waals surface area contributed by atoms with Crippen molar-refractivity contribution in [2.45, 2.75) is 42.8 Å². The van der Waals surface area contributed by atoms with E-state index in [1.54, 1.807) is 12.1 Å². The van der Waals surface area contributed by atoms with E-state index in [1.807, 2.05) is 5.41 Å². The van der Waals surface area contributed by atoms with Gasteiger partial charge in [-0.2, -0.15) is 0 Å². The van der Waals surface area contributed by atoms with Gasteiger partial charge in [0.2, 0.25) is 0 Å². The lowest BCUT2D eigenvalue weighted by Crippen LogP contribution is -2.01. The number of nitrogens with zero attached hydrogens (tertiary/aromatic N) is 4. The molecule has 114 valence electrons. The fraction of sp³-hybridized carbons (Fsp3) is 0.429. The van der Waals surface area contributed by atoms with Gasteiger partial charge in [-0.05, 0) is 43.2 Å². The van der Waals surface area contributed by atoms with E-state index in [0.717, 1.165) is 11.0 Å². The summed E-state index contributed by atoms with van der Waals surface area (Å²) in [6, 6.07) is 3.48. The van der Waals surface area contributed by atoms with Crippen LogP contribution in [0.5, 0.6) is 0 Å². The van der Waals surface area contributed by atoms with Crippen LogP contribution in [-0.2, 0) is 0 Å². The van der Waals surface area contributed by atoms with Crippen LogP contribution in [0.15, 0.2) is 27.1 Å². The molecule has 7 nitrogen and oxygen atoms in total. The van der Waals surface area contributed by atoms with E-state index < -0.39 is 4.92 Å². The third-order valence-electron chi connectivity index (χ3n) is 3.74. The molecule has 22 heavy (non-hydrogen) atoms. The molecule has 0 aromatic carbocycles. The second-order valence-electron chi connectivity index (χ2n) is 5.57. The van der Waals surface area contributed by atoms with Crippen LogP contribution in [0.25, 0.3) is 6.08 Å². The third kappa shape index (κ3) is 2.66. The minimum absolute atomic E-state index is 0.248. The number of furan rings is 1. The largest absolute Gasteiger partial charge is 0.433 e. The molecule has 2 heterocycles. The fourth-order valence-corrected chi connectivity index (χ4v) is 3.12. The summed E-state index contributed by atoms with van der Waals surface area (Å²) < 4.78 is 7.35. The molecular formula is C14H14N4O3S. The Morgan fingerprint density at radius 1 is 1.32 bits per heavy atom. The van der Waals surface area contributed by atoms with Gasteiger partial charge in [-0.1, -0.05) is 11.8 Å². The predicted molar refractivity (Wildman–Crippen MR) is 80.5 cm³/mol. The van der Waals surface area contributed by atoms with Gasteiger partial charge < -0.3 is 8.98 Å². The van der Waals surface area contributed by atoms with Crippen molar-refractivity contribution >= 4 is 23.7 Å². The molecule has 0 amide bonds. The molecule has 2 aromatic heterocycles. The van der Waals surface area contributed by atoms with Crippen LogP contribution in [0.4, 0.5) is 5.88 Å². The van der Waals surface area contributed by atoms with Crippen molar-refractivity contribution in [1.82, 2.24) is 14.8 Å². The number of nitro groups is 1. The summed E-state index contributed by atoms with van der Waals surface area (Å²) in [6.07, 6.45) is 6.52. The van der Waals surface area contributed by atoms with Gasteiger partial charge in [-0.3, -0.25) is 10.1 Å². The topological polar surface area (TPSA) is 87.0 Å². The summed E-state index contributed by atoms with van der Waals surface area (Å²) >= 11 is 1.47. The maximum Gasteiger partial charge on any atom is 0.433 e. The monoisotopic (exact) mass is 318 g/mol. The SMILES string of the molecule is O=[N+]([O-])c1ccc(C=CSc2nnc(C3CC3)n2C2CC2)o1. The third-order valence-corrected chi connectivity index (χ3v) is 4.51. The van der Waals surface area contributed by atoms with Gasteiger partial charge in [0, 0.05) is 12.0 Å². The Kier molecular flexibility index (Phi) is 3.25. The quantitative estimate of drug-likeness (QED) is 0.458. The Labute approximate surface area is 130 Å². The molecule has 2 fully saturated rings. The van der Waals surface area contributed by atoms with E-state index >= 15 is 0 Å². The van der Waals surface area contributed by atoms with Crippen molar-refractivity contribution in [3.8, 4) is 0 Å². The first-order chi connectivity index (χ1) is 10.7. The predicted octanol–water partition coefficient (Wildman–Crippen LogP) is 3.75. The van der Waals surface area contributed by atoms with E-state index in [2.05, 4.69) is 14.8 Å². The molecule has 0 saturated heterocycles. The lowest BCUT2D eigenvalue weighted by Gasteiger charge is -2.05. The number of hydrogen-bond acceptors (Lipinski definition) is 6. The first-order valence-corrected chi connectivity index (χ1v) is 8.12. The molecular weight excluding hydrogens is 304 g/mol. The average molecular weight is 318 g/mol. The molecule has 0 atom stereocenters. The first kappa shape index (κ1) is 13.6. The molecule has 2 aliphatic carbocycles. The summed E-state index contributed by atoms with van der Waals surface area (Å²) in [7, 11) is 0. The summed E-state index contributed by atoms with van der Waals surface area (Å²) in [5, 5.41) is 21.9. The molecule has 0 unspecified atom stereocenters. The summed E-state index contributed by atoms with van der Waals surface area (Å²) in [5.41, 5.74) is 0. The standard InChI is InChI=1S/C14H14N4O3S/c19-18(20)12-6-5-11(21-12)7-8-22-14-16-15-13(9-1-2-9)17(14)10-3-4-10/h5-10H,1-4H2. The highest BCUT2D eigenvalue weighted by Crippen LogP contribution is 2.46. The van der Waals surface area contributed by atoms with Crippen molar-refractivity contribution < 1.29 is 9.34 Å². The molecule has 0 N–H and O–H groups in total. The maximum absolute atomic E-state index is 10.6. The van der Waals surface area contributed by atoms with Crippen LogP contribution in [0, 0.1) is 10.1 Å². The molecule has 0 radical (unpaired) electrons. The summed E-state index contributed by atoms with van der Waals surface area (Å²) in [6.45, 7) is 0. The smallest absolute Gasteiger partial charge is 0.401 e. The lowest BCUT2D eigenvalue weighted by molar-refractivity contribution is -0.402. The van der Waals surface area contributed by atoms with Crippen LogP contribution in [0.3, 0.4) is 0 Å². The fourth-order valence-electron chi connectivity index (χ4n) is 2.36. The minimum atomic E-state index is -0.546. The summed E-state index contributed by atoms with van der Waals surface area (Å²) in [5.74, 6) is 1.91. The lowest BCUT2D eigenvalue weighted by atomic mass is 10.4. The van der Waals surface area contributed by atoms with Gasteiger partial charge in [0.15, 0.2) is 5.16 Å². The second kappa shape index (κ2) is 5.28. The Morgan fingerprint density at radius 3 is 2.77 bits per heavy atom. The number of hydrogen-bond donors (Lipinski definition) is 0. The normalized spacial score (nSPS) is 18.2. The first-order valence-electron chi connectivity index (χ1n) is 7.24. The highest BCUT2D eigenvalue weighted by molar-refractivity contribution is 8.02. The molecule has 0 aliphatic heterocycles. The Bertz CT molecular complexity index is 743. The molecule has 0 spiro atoms. The van der Waals surface area contributed by atoms with Crippen molar-refractivity contribution in [2.24, 2.45) is 0 Å². The van der Waals surface area contributed by atoms with Crippen molar-refractivity contribution in [1.29, 1.82) is 0 Å².